The lowest BCUT2D eigenvalue weighted by atomic mass is 10.0. The number of phosphoric ester groups is 1. The van der Waals surface area contributed by atoms with E-state index in [4.69, 9.17) is 9.05 Å². The third-order valence-corrected chi connectivity index (χ3v) is 17.4. The summed E-state index contributed by atoms with van der Waals surface area (Å²) < 4.78 is 23.8. The van der Waals surface area contributed by atoms with Crippen LogP contribution in [0, 0.1) is 0 Å². The summed E-state index contributed by atoms with van der Waals surface area (Å²) in [5.41, 5.74) is 0. The van der Waals surface area contributed by atoms with E-state index in [1.54, 1.807) is 6.08 Å². The summed E-state index contributed by atoms with van der Waals surface area (Å²) in [6, 6.07) is -0.871. The number of phosphoric acid groups is 1. The van der Waals surface area contributed by atoms with Gasteiger partial charge in [-0.15, -0.1) is 0 Å². The molecule has 3 N–H and O–H groups in total. The predicted octanol–water partition coefficient (Wildman–Crippen LogP) is 23.2. The molecule has 0 aliphatic rings. The predicted molar refractivity (Wildman–Crippen MR) is 364 cm³/mol. The van der Waals surface area contributed by atoms with Crippen molar-refractivity contribution in [3.63, 3.8) is 0 Å². The van der Waals surface area contributed by atoms with E-state index in [2.05, 4.69) is 67.8 Å². The van der Waals surface area contributed by atoms with Gasteiger partial charge < -0.3 is 19.8 Å². The maximum Gasteiger partial charge on any atom is 0.472 e. The van der Waals surface area contributed by atoms with Crippen LogP contribution in [0.4, 0.5) is 0 Å². The third-order valence-electron chi connectivity index (χ3n) is 16.4. The highest BCUT2D eigenvalue weighted by atomic mass is 31.2. The summed E-state index contributed by atoms with van der Waals surface area (Å²) in [6.07, 6.45) is 89.7. The first-order chi connectivity index (χ1) is 40.5. The summed E-state index contributed by atoms with van der Waals surface area (Å²) in [4.78, 5) is 23.4. The third kappa shape index (κ3) is 67.6. The molecule has 0 saturated carbocycles. The fourth-order valence-electron chi connectivity index (χ4n) is 10.8. The Morgan fingerprint density at radius 3 is 1.04 bits per heavy atom. The number of likely N-dealkylation sites (N-methyl/N-ethyl adjacent to an activating group) is 1. The summed E-state index contributed by atoms with van der Waals surface area (Å²) in [5, 5.41) is 14.0. The maximum atomic E-state index is 13.0. The van der Waals surface area contributed by atoms with Crippen molar-refractivity contribution in [3.8, 4) is 0 Å². The quantitative estimate of drug-likeness (QED) is 0.0243. The van der Waals surface area contributed by atoms with Gasteiger partial charge in [-0.1, -0.05) is 331 Å². The first-order valence-corrected chi connectivity index (χ1v) is 37.7. The molecule has 8 nitrogen and oxygen atoms in total. The molecule has 0 fully saturated rings. The lowest BCUT2D eigenvalue weighted by Crippen LogP contribution is -2.45. The molecule has 0 rings (SSSR count). The van der Waals surface area contributed by atoms with Crippen LogP contribution in [0.25, 0.3) is 0 Å². The number of nitrogens with one attached hydrogen (secondary N) is 1. The van der Waals surface area contributed by atoms with Crippen molar-refractivity contribution in [1.82, 2.24) is 5.32 Å². The van der Waals surface area contributed by atoms with Crippen LogP contribution in [0.3, 0.4) is 0 Å². The van der Waals surface area contributed by atoms with Crippen molar-refractivity contribution >= 4 is 13.7 Å². The van der Waals surface area contributed by atoms with Gasteiger partial charge in [0.25, 0.3) is 0 Å². The molecule has 83 heavy (non-hydrogen) atoms. The molecule has 0 bridgehead atoms. The summed E-state index contributed by atoms with van der Waals surface area (Å²) in [7, 11) is 1.56. The van der Waals surface area contributed by atoms with E-state index in [0.717, 1.165) is 51.4 Å². The molecule has 3 unspecified atom stereocenters. The molecule has 0 spiro atoms. The number of nitrogens with zero attached hydrogens (tertiary/aromatic N) is 1. The Balaban J connectivity index is 3.93. The number of carbonyl (C=O) groups excluding carboxylic acids is 1. The van der Waals surface area contributed by atoms with Gasteiger partial charge in [-0.2, -0.15) is 0 Å². The minimum Gasteiger partial charge on any atom is -0.387 e. The molecule has 0 aromatic heterocycles. The Kier molecular flexibility index (Phi) is 63.3. The van der Waals surface area contributed by atoms with Gasteiger partial charge in [0.15, 0.2) is 0 Å². The fraction of sp³-hybridized carbons (Fsp3) is 0.851. The number of hydrogen-bond donors (Lipinski definition) is 3. The van der Waals surface area contributed by atoms with Gasteiger partial charge >= 0.3 is 7.82 Å². The highest BCUT2D eigenvalue weighted by Crippen LogP contribution is 2.43. The Bertz CT molecular complexity index is 1540. The minimum absolute atomic E-state index is 0.0542. The molecule has 0 radical (unpaired) electrons. The number of aliphatic hydroxyl groups excluding tert-OH is 1. The number of unbranched alkanes of at least 4 members (excludes halogenated alkanes) is 46. The van der Waals surface area contributed by atoms with Crippen LogP contribution in [-0.2, 0) is 18.4 Å². The van der Waals surface area contributed by atoms with Crippen molar-refractivity contribution in [3.05, 3.63) is 60.8 Å². The number of amides is 1. The molecule has 0 aromatic carbocycles. The minimum atomic E-state index is -4.36. The standard InChI is InChI=1S/C74H141N2O6P/c1-6-8-10-12-14-16-18-20-22-24-26-28-29-30-31-32-33-34-35-36-37-38-39-40-41-42-43-44-45-46-47-48-50-52-54-56-58-60-62-64-66-68-74(78)75-72(71-82-83(79,80)81-70-69-76(3,4)5)73(77)67-65-63-61-59-57-55-53-51-49-27-25-23-21-19-17-15-13-11-9-7-2/h18,20,24,26,49,51,57,59,65,67,72-73,77H,6-17,19,21-23,25,27-48,50,52-56,58,60-64,66,68-71H2,1-5H3,(H-,75,78,79,80)/p+1/b20-18-,26-24-,51-49+,59-57+,67-65+. The van der Waals surface area contributed by atoms with Crippen LogP contribution >= 0.6 is 7.82 Å². The number of allylic oxidation sites excluding steroid dienone is 9. The second-order valence-electron chi connectivity index (χ2n) is 25.9. The topological polar surface area (TPSA) is 105 Å². The van der Waals surface area contributed by atoms with E-state index >= 15 is 0 Å². The largest absolute Gasteiger partial charge is 0.472 e. The van der Waals surface area contributed by atoms with Crippen molar-refractivity contribution in [2.24, 2.45) is 0 Å². The molecule has 3 atom stereocenters. The van der Waals surface area contributed by atoms with Crippen LogP contribution in [0.1, 0.15) is 354 Å². The lowest BCUT2D eigenvalue weighted by Gasteiger charge is -2.25. The summed E-state index contributed by atoms with van der Waals surface area (Å²) in [6.45, 7) is 4.81. The summed E-state index contributed by atoms with van der Waals surface area (Å²) >= 11 is 0. The zero-order valence-corrected chi connectivity index (χ0v) is 56.8. The molecule has 1 amide bonds. The smallest absolute Gasteiger partial charge is 0.387 e. The average molecular weight is 1190 g/mol. The first-order valence-electron chi connectivity index (χ1n) is 36.2. The fourth-order valence-corrected chi connectivity index (χ4v) is 11.6. The van der Waals surface area contributed by atoms with E-state index in [-0.39, 0.29) is 19.1 Å². The molecule has 9 heteroatoms. The van der Waals surface area contributed by atoms with Crippen LogP contribution in [0.15, 0.2) is 60.8 Å². The van der Waals surface area contributed by atoms with Crippen molar-refractivity contribution in [1.29, 1.82) is 0 Å². The van der Waals surface area contributed by atoms with Gasteiger partial charge in [-0.25, -0.2) is 4.57 Å². The van der Waals surface area contributed by atoms with E-state index < -0.39 is 20.0 Å². The van der Waals surface area contributed by atoms with E-state index in [1.807, 2.05) is 27.2 Å². The zero-order valence-electron chi connectivity index (χ0n) is 55.9. The number of carbonyl (C=O) groups is 1. The van der Waals surface area contributed by atoms with Crippen LogP contribution < -0.4 is 5.32 Å². The molecular weight excluding hydrogens is 1040 g/mol. The highest BCUT2D eigenvalue weighted by Gasteiger charge is 2.28. The van der Waals surface area contributed by atoms with E-state index in [1.165, 1.54) is 283 Å². The number of quaternary nitrogens is 1. The Hall–Kier alpha value is -1.80. The molecule has 488 valence electrons. The van der Waals surface area contributed by atoms with Crippen LogP contribution in [-0.4, -0.2) is 73.4 Å². The molecule has 0 aromatic rings. The van der Waals surface area contributed by atoms with Gasteiger partial charge in [-0.05, 0) is 77.0 Å². The molecule has 0 saturated heterocycles. The highest BCUT2D eigenvalue weighted by molar-refractivity contribution is 7.47. The van der Waals surface area contributed by atoms with Crippen molar-refractivity contribution in [2.75, 3.05) is 40.9 Å². The van der Waals surface area contributed by atoms with Crippen LogP contribution in [0.5, 0.6) is 0 Å². The SMILES string of the molecule is CCCCCCC/C=C\C/C=C\CCCCCCCCCCCCCCCCCCCCCCCCCCCCCCCC(=O)NC(COP(=O)(O)OCC[N+](C)(C)C)C(O)/C=C/CC/C=C/CC/C=C/CCCCCCCCCCCC. The first kappa shape index (κ1) is 81.2. The van der Waals surface area contributed by atoms with Gasteiger partial charge in [0.2, 0.25) is 5.91 Å². The van der Waals surface area contributed by atoms with Gasteiger partial charge in [-0.3, -0.25) is 13.8 Å². The average Bonchev–Trinajstić information content (AvgIpc) is 3.49. The van der Waals surface area contributed by atoms with E-state index in [9.17, 15) is 19.4 Å². The number of rotatable bonds is 67. The second kappa shape index (κ2) is 64.7. The maximum absolute atomic E-state index is 13.0. The van der Waals surface area contributed by atoms with Gasteiger partial charge in [0.1, 0.15) is 13.2 Å². The number of aliphatic hydroxyl groups is 1. The monoisotopic (exact) mass is 1190 g/mol. The normalized spacial score (nSPS) is 14.0. The Morgan fingerprint density at radius 1 is 0.410 bits per heavy atom. The summed E-state index contributed by atoms with van der Waals surface area (Å²) in [5.74, 6) is -0.185. The van der Waals surface area contributed by atoms with Crippen molar-refractivity contribution < 1.29 is 32.9 Å². The molecular formula is C74H142N2O6P+. The molecule has 0 heterocycles. The number of hydrogen-bond acceptors (Lipinski definition) is 5. The van der Waals surface area contributed by atoms with E-state index in [0.29, 0.717) is 17.4 Å². The van der Waals surface area contributed by atoms with Crippen LogP contribution in [0.2, 0.25) is 0 Å². The molecule has 0 aliphatic carbocycles. The Morgan fingerprint density at radius 2 is 0.699 bits per heavy atom. The van der Waals surface area contributed by atoms with Crippen molar-refractivity contribution in [2.45, 2.75) is 366 Å². The Labute approximate surface area is 517 Å². The lowest BCUT2D eigenvalue weighted by molar-refractivity contribution is -0.870. The second-order valence-corrected chi connectivity index (χ2v) is 27.4. The molecule has 0 aliphatic heterocycles. The zero-order chi connectivity index (χ0) is 60.5. The van der Waals surface area contributed by atoms with Gasteiger partial charge in [0.05, 0.1) is 39.9 Å². The van der Waals surface area contributed by atoms with Gasteiger partial charge in [0, 0.05) is 6.42 Å².